The van der Waals surface area contributed by atoms with Crippen LogP contribution in [-0.2, 0) is 4.74 Å². The highest BCUT2D eigenvalue weighted by Gasteiger charge is 2.23. The summed E-state index contributed by atoms with van der Waals surface area (Å²) in [5.74, 6) is 7.03. The lowest BCUT2D eigenvalue weighted by Gasteiger charge is -2.29. The van der Waals surface area contributed by atoms with Crippen molar-refractivity contribution in [3.63, 3.8) is 0 Å². The molecule has 1 aromatic carbocycles. The van der Waals surface area contributed by atoms with Gasteiger partial charge in [-0.05, 0) is 37.5 Å². The molecule has 1 aliphatic rings. The van der Waals surface area contributed by atoms with Crippen molar-refractivity contribution < 1.29 is 19.3 Å². The van der Waals surface area contributed by atoms with E-state index >= 15 is 0 Å². The summed E-state index contributed by atoms with van der Waals surface area (Å²) in [7, 11) is 3.36. The fraction of sp³-hybridized carbons (Fsp3) is 0.529. The SMILES string of the molecule is COc1ccc(OC2CCCC(OC)C2)c(C#CCO)c1. The van der Waals surface area contributed by atoms with Crippen LogP contribution in [-0.4, -0.2) is 38.1 Å². The summed E-state index contributed by atoms with van der Waals surface area (Å²) in [5.41, 5.74) is 0.739. The van der Waals surface area contributed by atoms with Gasteiger partial charge in [0.05, 0.1) is 18.8 Å². The Morgan fingerprint density at radius 3 is 2.76 bits per heavy atom. The van der Waals surface area contributed by atoms with Crippen LogP contribution in [0.1, 0.15) is 31.2 Å². The maximum atomic E-state index is 8.87. The van der Waals surface area contributed by atoms with Gasteiger partial charge >= 0.3 is 0 Å². The van der Waals surface area contributed by atoms with Crippen LogP contribution in [0.4, 0.5) is 0 Å². The van der Waals surface area contributed by atoms with Crippen LogP contribution in [0.2, 0.25) is 0 Å². The summed E-state index contributed by atoms with van der Waals surface area (Å²) in [6.07, 6.45) is 4.54. The standard InChI is InChI=1S/C17H22O4/c1-19-14-6-3-7-16(12-14)21-17-9-8-15(20-2)11-13(17)5-4-10-18/h8-9,11,14,16,18H,3,6-7,10,12H2,1-2H3. The lowest BCUT2D eigenvalue weighted by atomic mass is 9.95. The van der Waals surface area contributed by atoms with Crippen LogP contribution in [0.3, 0.4) is 0 Å². The van der Waals surface area contributed by atoms with Gasteiger partial charge in [-0.2, -0.15) is 0 Å². The fourth-order valence-electron chi connectivity index (χ4n) is 2.57. The maximum absolute atomic E-state index is 8.87. The van der Waals surface area contributed by atoms with Crippen LogP contribution in [0.15, 0.2) is 18.2 Å². The first-order chi connectivity index (χ1) is 10.3. The molecule has 21 heavy (non-hydrogen) atoms. The smallest absolute Gasteiger partial charge is 0.135 e. The molecule has 4 heteroatoms. The normalized spacial score (nSPS) is 21.3. The number of aliphatic hydroxyl groups is 1. The minimum atomic E-state index is -0.175. The number of aliphatic hydroxyl groups excluding tert-OH is 1. The molecule has 4 nitrogen and oxygen atoms in total. The molecule has 1 saturated carbocycles. The topological polar surface area (TPSA) is 47.9 Å². The van der Waals surface area contributed by atoms with Crippen LogP contribution in [0.25, 0.3) is 0 Å². The fourth-order valence-corrected chi connectivity index (χ4v) is 2.57. The molecule has 2 atom stereocenters. The Morgan fingerprint density at radius 1 is 1.24 bits per heavy atom. The van der Waals surface area contributed by atoms with Gasteiger partial charge in [-0.1, -0.05) is 11.8 Å². The molecule has 1 aliphatic carbocycles. The van der Waals surface area contributed by atoms with Gasteiger partial charge in [0.2, 0.25) is 0 Å². The molecule has 1 N–H and O–H groups in total. The predicted molar refractivity (Wildman–Crippen MR) is 80.6 cm³/mol. The molecule has 0 heterocycles. The second-order valence-electron chi connectivity index (χ2n) is 5.09. The van der Waals surface area contributed by atoms with E-state index in [0.717, 1.165) is 42.7 Å². The van der Waals surface area contributed by atoms with Gasteiger partial charge in [0.15, 0.2) is 0 Å². The quantitative estimate of drug-likeness (QED) is 0.865. The Morgan fingerprint density at radius 2 is 2.05 bits per heavy atom. The molecular formula is C17H22O4. The Labute approximate surface area is 126 Å². The van der Waals surface area contributed by atoms with Crippen LogP contribution in [0, 0.1) is 11.8 Å². The average Bonchev–Trinajstić information content (AvgIpc) is 2.54. The largest absolute Gasteiger partial charge is 0.497 e. The Hall–Kier alpha value is -1.70. The second-order valence-corrected chi connectivity index (χ2v) is 5.09. The van der Waals surface area contributed by atoms with Gasteiger partial charge < -0.3 is 19.3 Å². The Balaban J connectivity index is 2.14. The highest BCUT2D eigenvalue weighted by atomic mass is 16.5. The van der Waals surface area contributed by atoms with E-state index in [9.17, 15) is 0 Å². The number of hydrogen-bond acceptors (Lipinski definition) is 4. The molecule has 2 unspecified atom stereocenters. The maximum Gasteiger partial charge on any atom is 0.135 e. The van der Waals surface area contributed by atoms with E-state index < -0.39 is 0 Å². The first kappa shape index (κ1) is 15.7. The second kappa shape index (κ2) is 7.92. The zero-order chi connectivity index (χ0) is 15.1. The summed E-state index contributed by atoms with van der Waals surface area (Å²) in [4.78, 5) is 0. The van der Waals surface area contributed by atoms with Crippen LogP contribution in [0.5, 0.6) is 11.5 Å². The lowest BCUT2D eigenvalue weighted by molar-refractivity contribution is 0.0208. The lowest BCUT2D eigenvalue weighted by Crippen LogP contribution is -2.29. The van der Waals surface area contributed by atoms with Gasteiger partial charge in [0.25, 0.3) is 0 Å². The highest BCUT2D eigenvalue weighted by molar-refractivity contribution is 5.50. The van der Waals surface area contributed by atoms with Crippen molar-refractivity contribution in [2.75, 3.05) is 20.8 Å². The van der Waals surface area contributed by atoms with Crippen molar-refractivity contribution in [1.82, 2.24) is 0 Å². The van der Waals surface area contributed by atoms with Gasteiger partial charge in [0, 0.05) is 13.5 Å². The first-order valence-electron chi connectivity index (χ1n) is 7.24. The monoisotopic (exact) mass is 290 g/mol. The van der Waals surface area contributed by atoms with Crippen LogP contribution >= 0.6 is 0 Å². The summed E-state index contributed by atoms with van der Waals surface area (Å²) in [6, 6.07) is 5.56. The number of ether oxygens (including phenoxy) is 3. The molecule has 0 bridgehead atoms. The van der Waals surface area contributed by atoms with Gasteiger partial charge in [-0.25, -0.2) is 0 Å². The third kappa shape index (κ3) is 4.38. The van der Waals surface area contributed by atoms with Crippen molar-refractivity contribution in [3.05, 3.63) is 23.8 Å². The molecule has 114 valence electrons. The summed E-state index contributed by atoms with van der Waals surface area (Å²) in [6.45, 7) is -0.175. The van der Waals surface area contributed by atoms with Crippen molar-refractivity contribution in [1.29, 1.82) is 0 Å². The van der Waals surface area contributed by atoms with E-state index in [2.05, 4.69) is 11.8 Å². The molecule has 0 aromatic heterocycles. The van der Waals surface area contributed by atoms with E-state index in [0.29, 0.717) is 0 Å². The molecule has 0 saturated heterocycles. The molecule has 2 rings (SSSR count). The van der Waals surface area contributed by atoms with E-state index in [4.69, 9.17) is 19.3 Å². The summed E-state index contributed by atoms with van der Waals surface area (Å²) >= 11 is 0. The van der Waals surface area contributed by atoms with Crippen molar-refractivity contribution in [3.8, 4) is 23.3 Å². The number of rotatable bonds is 4. The van der Waals surface area contributed by atoms with Crippen molar-refractivity contribution in [2.45, 2.75) is 37.9 Å². The van der Waals surface area contributed by atoms with E-state index in [1.807, 2.05) is 18.2 Å². The highest BCUT2D eigenvalue weighted by Crippen LogP contribution is 2.29. The first-order valence-corrected chi connectivity index (χ1v) is 7.24. The molecule has 0 amide bonds. The zero-order valence-electron chi connectivity index (χ0n) is 12.6. The van der Waals surface area contributed by atoms with Crippen molar-refractivity contribution >= 4 is 0 Å². The van der Waals surface area contributed by atoms with E-state index in [1.165, 1.54) is 0 Å². The molecule has 0 aliphatic heterocycles. The minimum absolute atomic E-state index is 0.145. The van der Waals surface area contributed by atoms with Gasteiger partial charge in [0.1, 0.15) is 24.2 Å². The number of benzene rings is 1. The Kier molecular flexibility index (Phi) is 5.91. The van der Waals surface area contributed by atoms with Gasteiger partial charge in [-0.3, -0.25) is 0 Å². The third-order valence-electron chi connectivity index (χ3n) is 3.69. The third-order valence-corrected chi connectivity index (χ3v) is 3.69. The predicted octanol–water partition coefficient (Wildman–Crippen LogP) is 2.38. The summed E-state index contributed by atoms with van der Waals surface area (Å²) in [5, 5.41) is 8.87. The molecule has 1 fully saturated rings. The average molecular weight is 290 g/mol. The zero-order valence-corrected chi connectivity index (χ0v) is 12.6. The Bertz CT molecular complexity index is 515. The van der Waals surface area contributed by atoms with E-state index in [-0.39, 0.29) is 18.8 Å². The molecule has 0 radical (unpaired) electrons. The van der Waals surface area contributed by atoms with E-state index in [1.54, 1.807) is 14.2 Å². The molecule has 0 spiro atoms. The van der Waals surface area contributed by atoms with Crippen molar-refractivity contribution in [2.24, 2.45) is 0 Å². The van der Waals surface area contributed by atoms with Gasteiger partial charge in [-0.15, -0.1) is 0 Å². The summed E-state index contributed by atoms with van der Waals surface area (Å²) < 4.78 is 16.7. The van der Waals surface area contributed by atoms with Crippen LogP contribution < -0.4 is 9.47 Å². The number of hydrogen-bond donors (Lipinski definition) is 1. The molecule has 1 aromatic rings. The molecular weight excluding hydrogens is 268 g/mol. The number of methoxy groups -OCH3 is 2. The minimum Gasteiger partial charge on any atom is -0.497 e.